The van der Waals surface area contributed by atoms with Crippen LogP contribution in [-0.4, -0.2) is 37.0 Å². The number of ether oxygens (including phenoxy) is 1. The lowest BCUT2D eigenvalue weighted by Crippen LogP contribution is -2.33. The van der Waals surface area contributed by atoms with Crippen LogP contribution < -0.4 is 4.90 Å². The third kappa shape index (κ3) is 3.47. The van der Waals surface area contributed by atoms with Gasteiger partial charge in [0.1, 0.15) is 0 Å². The molecule has 24 heavy (non-hydrogen) atoms. The minimum absolute atomic E-state index is 0.433. The van der Waals surface area contributed by atoms with E-state index in [1.54, 1.807) is 4.90 Å². The Morgan fingerprint density at radius 2 is 1.92 bits per heavy atom. The van der Waals surface area contributed by atoms with Crippen molar-refractivity contribution in [3.8, 4) is 0 Å². The fourth-order valence-electron chi connectivity index (χ4n) is 3.57. The molecule has 128 valence electrons. The summed E-state index contributed by atoms with van der Waals surface area (Å²) in [4.78, 5) is 4.16. The van der Waals surface area contributed by atoms with E-state index >= 15 is 0 Å². The fraction of sp³-hybridized carbons (Fsp3) is 0.429. The van der Waals surface area contributed by atoms with E-state index < -0.39 is 10.0 Å². The molecule has 2 aromatic rings. The highest BCUT2D eigenvalue weighted by molar-refractivity contribution is 8.38. The molecule has 0 aliphatic carbocycles. The monoisotopic (exact) mass is 341 g/mol. The van der Waals surface area contributed by atoms with E-state index in [1.165, 1.54) is 35.6 Å². The predicted octanol–water partition coefficient (Wildman–Crippen LogP) is 4.68. The smallest absolute Gasteiger partial charge is 0.0717 e. The molecule has 2 aliphatic rings. The normalized spacial score (nSPS) is 23.2. The van der Waals surface area contributed by atoms with Crippen LogP contribution in [0.4, 0.5) is 5.69 Å². The third-order valence-electron chi connectivity index (χ3n) is 5.33. The number of hydrogen-bond acceptors (Lipinski definition) is 2. The largest absolute Gasteiger partial charge is 0.375 e. The maximum Gasteiger partial charge on any atom is 0.0717 e. The molecule has 0 N–H and O–H groups in total. The zero-order valence-electron chi connectivity index (χ0n) is 14.5. The number of rotatable bonds is 6. The van der Waals surface area contributed by atoms with Gasteiger partial charge in [0.2, 0.25) is 0 Å². The number of nitrogens with zero attached hydrogens (tertiary/aromatic N) is 1. The van der Waals surface area contributed by atoms with Crippen molar-refractivity contribution in [1.82, 2.24) is 0 Å². The van der Waals surface area contributed by atoms with Crippen molar-refractivity contribution in [1.29, 1.82) is 0 Å². The molecule has 2 aliphatic heterocycles. The Morgan fingerprint density at radius 1 is 1.08 bits per heavy atom. The van der Waals surface area contributed by atoms with Crippen molar-refractivity contribution in [2.45, 2.75) is 30.4 Å². The van der Waals surface area contributed by atoms with Gasteiger partial charge in [0, 0.05) is 12.2 Å². The highest BCUT2D eigenvalue weighted by atomic mass is 32.3. The first-order chi connectivity index (χ1) is 11.7. The summed E-state index contributed by atoms with van der Waals surface area (Å²) in [5.41, 5.74) is 2.66. The lowest BCUT2D eigenvalue weighted by atomic mass is 10.2. The van der Waals surface area contributed by atoms with Gasteiger partial charge in [-0.25, -0.2) is 10.0 Å². The van der Waals surface area contributed by atoms with Crippen molar-refractivity contribution >= 4 is 15.7 Å². The van der Waals surface area contributed by atoms with Gasteiger partial charge in [-0.05, 0) is 59.3 Å². The second-order valence-corrected chi connectivity index (χ2v) is 11.0. The van der Waals surface area contributed by atoms with Gasteiger partial charge >= 0.3 is 0 Å². The highest BCUT2D eigenvalue weighted by Crippen LogP contribution is 2.65. The second-order valence-electron chi connectivity index (χ2n) is 7.17. The van der Waals surface area contributed by atoms with Crippen LogP contribution in [0.2, 0.25) is 0 Å². The first-order valence-electron chi connectivity index (χ1n) is 8.97. The van der Waals surface area contributed by atoms with Gasteiger partial charge in [0.15, 0.2) is 0 Å². The molecule has 0 amide bonds. The number of benzene rings is 2. The minimum Gasteiger partial charge on any atom is -0.375 e. The van der Waals surface area contributed by atoms with Gasteiger partial charge in [0.05, 0.1) is 19.3 Å². The van der Waals surface area contributed by atoms with Crippen molar-refractivity contribution in [2.24, 2.45) is 0 Å². The lowest BCUT2D eigenvalue weighted by Gasteiger charge is -2.28. The molecule has 2 nitrogen and oxygen atoms in total. The minimum atomic E-state index is -0.433. The Hall–Kier alpha value is -1.45. The predicted molar refractivity (Wildman–Crippen MR) is 104 cm³/mol. The standard InChI is InChI=1S/C21H27NOS/c1-24(13-14-24)21-11-5-9-19(15-21)22-12-6-10-20(22)17-23-16-18-7-3-2-4-8-18/h2-5,7-9,11,15,20H,6,10,12-14,16-17H2,1H3. The average molecular weight is 342 g/mol. The van der Waals surface area contributed by atoms with Crippen LogP contribution in [0.5, 0.6) is 0 Å². The Morgan fingerprint density at radius 3 is 2.71 bits per heavy atom. The maximum atomic E-state index is 6.03. The highest BCUT2D eigenvalue weighted by Gasteiger charge is 2.34. The molecule has 2 heterocycles. The quantitative estimate of drug-likeness (QED) is 0.707. The van der Waals surface area contributed by atoms with E-state index in [1.807, 2.05) is 0 Å². The molecule has 0 aromatic heterocycles. The molecule has 1 atom stereocenters. The summed E-state index contributed by atoms with van der Waals surface area (Å²) in [7, 11) is -0.433. The van der Waals surface area contributed by atoms with E-state index in [0.717, 1.165) is 13.2 Å². The van der Waals surface area contributed by atoms with Crippen molar-refractivity contribution in [2.75, 3.05) is 35.8 Å². The fourth-order valence-corrected chi connectivity index (χ4v) is 5.85. The topological polar surface area (TPSA) is 12.5 Å². The second kappa shape index (κ2) is 6.81. The van der Waals surface area contributed by atoms with Crippen LogP contribution >= 0.6 is 10.0 Å². The molecule has 0 bridgehead atoms. The van der Waals surface area contributed by atoms with E-state index in [-0.39, 0.29) is 0 Å². The lowest BCUT2D eigenvalue weighted by molar-refractivity contribution is 0.108. The van der Waals surface area contributed by atoms with Gasteiger partial charge in [-0.3, -0.25) is 0 Å². The summed E-state index contributed by atoms with van der Waals surface area (Å²) < 4.78 is 6.03. The molecule has 1 unspecified atom stereocenters. The van der Waals surface area contributed by atoms with Gasteiger partial charge in [0.25, 0.3) is 0 Å². The molecule has 0 saturated carbocycles. The Kier molecular flexibility index (Phi) is 4.55. The Balaban J connectivity index is 1.39. The number of hydrogen-bond donors (Lipinski definition) is 0. The number of anilines is 1. The zero-order chi connectivity index (χ0) is 16.4. The van der Waals surface area contributed by atoms with Crippen molar-refractivity contribution in [3.63, 3.8) is 0 Å². The van der Waals surface area contributed by atoms with Crippen LogP contribution in [0.25, 0.3) is 0 Å². The SMILES string of the molecule is CS1(c2cccc(N3CCCC3COCc3ccccc3)c2)CC1. The molecule has 0 spiro atoms. The summed E-state index contributed by atoms with van der Waals surface area (Å²) in [6, 6.07) is 20.3. The molecular formula is C21H27NOS. The molecule has 3 heteroatoms. The van der Waals surface area contributed by atoms with Crippen LogP contribution in [-0.2, 0) is 11.3 Å². The van der Waals surface area contributed by atoms with Gasteiger partial charge in [-0.1, -0.05) is 36.4 Å². The summed E-state index contributed by atoms with van der Waals surface area (Å²) >= 11 is 0. The summed E-state index contributed by atoms with van der Waals surface area (Å²) in [6.07, 6.45) is 4.98. The van der Waals surface area contributed by atoms with Crippen LogP contribution in [0.1, 0.15) is 18.4 Å². The van der Waals surface area contributed by atoms with E-state index in [2.05, 4.69) is 65.8 Å². The molecular weight excluding hydrogens is 314 g/mol. The van der Waals surface area contributed by atoms with Gasteiger partial charge in [-0.2, -0.15) is 0 Å². The van der Waals surface area contributed by atoms with Crippen LogP contribution in [0.15, 0.2) is 59.5 Å². The van der Waals surface area contributed by atoms with Crippen LogP contribution in [0, 0.1) is 0 Å². The first-order valence-corrected chi connectivity index (χ1v) is 11.3. The van der Waals surface area contributed by atoms with Crippen molar-refractivity contribution < 1.29 is 4.74 Å². The third-order valence-corrected chi connectivity index (χ3v) is 8.36. The van der Waals surface area contributed by atoms with Crippen LogP contribution in [0.3, 0.4) is 0 Å². The Labute approximate surface area is 147 Å². The first kappa shape index (κ1) is 16.0. The summed E-state index contributed by atoms with van der Waals surface area (Å²) in [5.74, 6) is 2.83. The molecule has 0 radical (unpaired) electrons. The van der Waals surface area contributed by atoms with Gasteiger partial charge in [-0.15, -0.1) is 0 Å². The van der Waals surface area contributed by atoms with E-state index in [4.69, 9.17) is 4.74 Å². The zero-order valence-corrected chi connectivity index (χ0v) is 15.3. The van der Waals surface area contributed by atoms with Crippen molar-refractivity contribution in [3.05, 3.63) is 60.2 Å². The van der Waals surface area contributed by atoms with Gasteiger partial charge < -0.3 is 9.64 Å². The Bertz CT molecular complexity index is 683. The molecule has 2 aromatic carbocycles. The molecule has 4 rings (SSSR count). The van der Waals surface area contributed by atoms with E-state index in [0.29, 0.717) is 12.6 Å². The van der Waals surface area contributed by atoms with E-state index in [9.17, 15) is 0 Å². The summed E-state index contributed by atoms with van der Waals surface area (Å²) in [6.45, 7) is 2.70. The maximum absolute atomic E-state index is 6.03. The molecule has 2 saturated heterocycles. The molecule has 2 fully saturated rings. The summed E-state index contributed by atoms with van der Waals surface area (Å²) in [5, 5.41) is 0. The average Bonchev–Trinajstić information content (AvgIpc) is 3.20.